The molecule has 0 spiro atoms. The van der Waals surface area contributed by atoms with E-state index in [1.54, 1.807) is 12.4 Å². The Balaban J connectivity index is 1.59. The number of para-hydroxylation sites is 2. The molecule has 37 heavy (non-hydrogen) atoms. The van der Waals surface area contributed by atoms with Crippen molar-refractivity contribution in [3.63, 3.8) is 0 Å². The number of aromatic nitrogens is 3. The molecule has 0 unspecified atom stereocenters. The normalized spacial score (nSPS) is 14.8. The second kappa shape index (κ2) is 9.03. The van der Waals surface area contributed by atoms with Gasteiger partial charge in [0.1, 0.15) is 0 Å². The highest BCUT2D eigenvalue weighted by atomic mass is 19.4. The molecule has 8 heteroatoms. The van der Waals surface area contributed by atoms with Crippen molar-refractivity contribution in [2.75, 3.05) is 5.32 Å². The van der Waals surface area contributed by atoms with Gasteiger partial charge in [-0.1, -0.05) is 12.1 Å². The summed E-state index contributed by atoms with van der Waals surface area (Å²) in [6, 6.07) is 19.1. The zero-order valence-corrected chi connectivity index (χ0v) is 20.1. The van der Waals surface area contributed by atoms with Gasteiger partial charge in [-0.25, -0.2) is 4.98 Å². The highest BCUT2D eigenvalue weighted by Crippen LogP contribution is 2.33. The summed E-state index contributed by atoms with van der Waals surface area (Å²) in [6.45, 7) is 1.99. The van der Waals surface area contributed by atoms with Gasteiger partial charge in [-0.05, 0) is 86.3 Å². The maximum atomic E-state index is 13.2. The number of anilines is 2. The third-order valence-corrected chi connectivity index (χ3v) is 6.70. The van der Waals surface area contributed by atoms with Crippen molar-refractivity contribution in [1.82, 2.24) is 14.5 Å². The van der Waals surface area contributed by atoms with E-state index in [9.17, 15) is 13.2 Å². The van der Waals surface area contributed by atoms with Crippen LogP contribution in [-0.2, 0) is 6.18 Å². The maximum Gasteiger partial charge on any atom is 0.416 e. The number of aryl methyl sites for hydroxylation is 1. The summed E-state index contributed by atoms with van der Waals surface area (Å²) in [5.74, 6) is 0. The fourth-order valence-electron chi connectivity index (χ4n) is 4.62. The summed E-state index contributed by atoms with van der Waals surface area (Å²) >= 11 is 0. The molecule has 3 aromatic rings. The molecule has 0 atom stereocenters. The minimum absolute atomic E-state index is 0.251. The van der Waals surface area contributed by atoms with Crippen molar-refractivity contribution in [2.24, 2.45) is 4.99 Å². The van der Waals surface area contributed by atoms with E-state index in [2.05, 4.69) is 10.3 Å². The molecule has 186 valence electrons. The van der Waals surface area contributed by atoms with Crippen LogP contribution in [0.5, 0.6) is 0 Å². The van der Waals surface area contributed by atoms with E-state index in [0.717, 1.165) is 70.4 Å². The largest absolute Gasteiger partial charge is 0.416 e. The van der Waals surface area contributed by atoms with Crippen LogP contribution in [0.1, 0.15) is 30.4 Å². The third-order valence-electron chi connectivity index (χ3n) is 6.70. The molecular weight excluding hydrogens is 475 g/mol. The summed E-state index contributed by atoms with van der Waals surface area (Å²) in [4.78, 5) is 14.2. The van der Waals surface area contributed by atoms with Crippen molar-refractivity contribution in [2.45, 2.75) is 38.4 Å². The number of hydrogen-bond acceptors (Lipinski definition) is 4. The molecule has 1 aromatic heterocycles. The molecule has 0 bridgehead atoms. The molecule has 1 saturated carbocycles. The van der Waals surface area contributed by atoms with Crippen LogP contribution in [0, 0.1) is 6.92 Å². The third kappa shape index (κ3) is 4.55. The zero-order chi connectivity index (χ0) is 25.6. The number of benzene rings is 3. The number of halogens is 3. The molecule has 6 rings (SSSR count). The SMILES string of the molecule is Cc1cncc(Nc2cc3nc4ccccc4n(-c4ccc(C(F)(F)F)cc4)c-3cc2=NC2CCC2)c1. The van der Waals surface area contributed by atoms with E-state index in [-0.39, 0.29) is 6.04 Å². The summed E-state index contributed by atoms with van der Waals surface area (Å²) in [6.07, 6.45) is 2.40. The molecule has 2 heterocycles. The van der Waals surface area contributed by atoms with Crippen LogP contribution in [0.15, 0.2) is 84.1 Å². The summed E-state index contributed by atoms with van der Waals surface area (Å²) in [5.41, 5.74) is 5.64. The van der Waals surface area contributed by atoms with Crippen molar-refractivity contribution in [3.05, 3.63) is 95.6 Å². The standard InChI is InChI=1S/C29H24F3N5/c1-18-13-21(17-33-16-18)35-24-14-26-28(15-25(24)34-20-5-4-6-20)37(27-8-3-2-7-23(27)36-26)22-11-9-19(10-12-22)29(30,31)32/h2-3,7-17,20,35H,4-6H2,1H3. The first-order chi connectivity index (χ1) is 17.8. The second-order valence-corrected chi connectivity index (χ2v) is 9.43. The molecule has 1 aliphatic heterocycles. The van der Waals surface area contributed by atoms with Gasteiger partial charge < -0.3 is 9.88 Å². The zero-order valence-electron chi connectivity index (χ0n) is 20.1. The Bertz CT molecular complexity index is 1630. The molecule has 0 saturated heterocycles. The molecule has 3 aliphatic rings. The van der Waals surface area contributed by atoms with Crippen molar-refractivity contribution >= 4 is 22.4 Å². The molecule has 0 radical (unpaired) electrons. The predicted octanol–water partition coefficient (Wildman–Crippen LogP) is 7.05. The molecule has 0 amide bonds. The van der Waals surface area contributed by atoms with Gasteiger partial charge in [0.15, 0.2) is 0 Å². The smallest absolute Gasteiger partial charge is 0.352 e. The van der Waals surface area contributed by atoms with Crippen LogP contribution in [0.2, 0.25) is 0 Å². The summed E-state index contributed by atoms with van der Waals surface area (Å²) in [7, 11) is 0. The first kappa shape index (κ1) is 23.2. The molecule has 2 aromatic carbocycles. The Kier molecular flexibility index (Phi) is 5.67. The van der Waals surface area contributed by atoms with Crippen LogP contribution in [0.4, 0.5) is 24.5 Å². The van der Waals surface area contributed by atoms with Gasteiger partial charge >= 0.3 is 6.18 Å². The van der Waals surface area contributed by atoms with Crippen LogP contribution in [0.3, 0.4) is 0 Å². The molecule has 5 nitrogen and oxygen atoms in total. The number of pyridine rings is 1. The first-order valence-corrected chi connectivity index (χ1v) is 12.2. The lowest BCUT2D eigenvalue weighted by Crippen LogP contribution is -2.22. The number of nitrogens with zero attached hydrogens (tertiary/aromatic N) is 4. The maximum absolute atomic E-state index is 13.2. The average Bonchev–Trinajstić information content (AvgIpc) is 2.84. The Labute approximate surface area is 211 Å². The van der Waals surface area contributed by atoms with Gasteiger partial charge in [-0.15, -0.1) is 0 Å². The lowest BCUT2D eigenvalue weighted by molar-refractivity contribution is -0.137. The lowest BCUT2D eigenvalue weighted by atomic mass is 9.94. The number of alkyl halides is 3. The van der Waals surface area contributed by atoms with Gasteiger partial charge in [0, 0.05) is 11.9 Å². The average molecular weight is 500 g/mol. The number of fused-ring (bicyclic) bond motifs is 2. The van der Waals surface area contributed by atoms with Crippen molar-refractivity contribution in [1.29, 1.82) is 0 Å². The van der Waals surface area contributed by atoms with E-state index >= 15 is 0 Å². The number of nitrogens with one attached hydrogen (secondary N) is 1. The van der Waals surface area contributed by atoms with E-state index in [1.165, 1.54) is 12.1 Å². The van der Waals surface area contributed by atoms with Gasteiger partial charge in [-0.3, -0.25) is 9.98 Å². The molecule has 1 fully saturated rings. The first-order valence-electron chi connectivity index (χ1n) is 12.2. The molecule has 1 N–H and O–H groups in total. The van der Waals surface area contributed by atoms with Crippen molar-refractivity contribution in [3.8, 4) is 17.1 Å². The van der Waals surface area contributed by atoms with E-state index in [0.29, 0.717) is 11.4 Å². The van der Waals surface area contributed by atoms with Gasteiger partial charge in [0.25, 0.3) is 0 Å². The van der Waals surface area contributed by atoms with E-state index in [4.69, 9.17) is 9.98 Å². The Hall–Kier alpha value is -4.20. The van der Waals surface area contributed by atoms with Crippen LogP contribution < -0.4 is 10.7 Å². The van der Waals surface area contributed by atoms with Crippen molar-refractivity contribution < 1.29 is 13.2 Å². The minimum atomic E-state index is -4.40. The number of rotatable bonds is 4. The Morgan fingerprint density at radius 3 is 2.46 bits per heavy atom. The fraction of sp³-hybridized carbons (Fsp3) is 0.207. The van der Waals surface area contributed by atoms with E-state index in [1.807, 2.05) is 54.0 Å². The van der Waals surface area contributed by atoms with Crippen LogP contribution in [0.25, 0.3) is 28.1 Å². The van der Waals surface area contributed by atoms with Crippen LogP contribution in [-0.4, -0.2) is 20.6 Å². The quantitative estimate of drug-likeness (QED) is 0.270. The van der Waals surface area contributed by atoms with Gasteiger partial charge in [-0.2, -0.15) is 13.2 Å². The highest BCUT2D eigenvalue weighted by Gasteiger charge is 2.30. The fourth-order valence-corrected chi connectivity index (χ4v) is 4.62. The highest BCUT2D eigenvalue weighted by molar-refractivity contribution is 5.84. The predicted molar refractivity (Wildman–Crippen MR) is 138 cm³/mol. The minimum Gasteiger partial charge on any atom is -0.352 e. The van der Waals surface area contributed by atoms with Gasteiger partial charge in [0.2, 0.25) is 0 Å². The molecular formula is C29H24F3N5. The Morgan fingerprint density at radius 1 is 0.973 bits per heavy atom. The van der Waals surface area contributed by atoms with Gasteiger partial charge in [0.05, 0.1) is 57.0 Å². The second-order valence-electron chi connectivity index (χ2n) is 9.43. The molecule has 2 aliphatic carbocycles. The lowest BCUT2D eigenvalue weighted by Gasteiger charge is -2.23. The summed E-state index contributed by atoms with van der Waals surface area (Å²) < 4.78 is 41.7. The number of hydrogen-bond donors (Lipinski definition) is 1. The Morgan fingerprint density at radius 2 is 1.76 bits per heavy atom. The summed E-state index contributed by atoms with van der Waals surface area (Å²) in [5, 5.41) is 4.25. The van der Waals surface area contributed by atoms with Crippen LogP contribution >= 0.6 is 0 Å². The topological polar surface area (TPSA) is 55.1 Å². The van der Waals surface area contributed by atoms with E-state index < -0.39 is 11.7 Å². The monoisotopic (exact) mass is 499 g/mol.